The Kier molecular flexibility index (Phi) is 6.21. The third kappa shape index (κ3) is 4.30. The van der Waals surface area contributed by atoms with Crippen LogP contribution in [0.4, 0.5) is 5.82 Å². The number of pyridine rings is 1. The molecule has 1 aromatic carbocycles. The van der Waals surface area contributed by atoms with Crippen molar-refractivity contribution in [2.45, 2.75) is 46.5 Å². The van der Waals surface area contributed by atoms with E-state index in [-0.39, 0.29) is 17.1 Å². The van der Waals surface area contributed by atoms with Crippen molar-refractivity contribution in [3.63, 3.8) is 0 Å². The van der Waals surface area contributed by atoms with Crippen molar-refractivity contribution in [3.05, 3.63) is 70.2 Å². The third-order valence-electron chi connectivity index (χ3n) is 6.38. The molecule has 4 rings (SSSR count). The van der Waals surface area contributed by atoms with Crippen LogP contribution >= 0.6 is 0 Å². The smallest absolute Gasteiger partial charge is 0.255 e. The van der Waals surface area contributed by atoms with E-state index >= 15 is 0 Å². The zero-order valence-electron chi connectivity index (χ0n) is 20.5. The monoisotopic (exact) mass is 461 g/mol. The van der Waals surface area contributed by atoms with Gasteiger partial charge in [0.05, 0.1) is 20.1 Å². The van der Waals surface area contributed by atoms with Crippen molar-refractivity contribution in [3.8, 4) is 11.5 Å². The van der Waals surface area contributed by atoms with E-state index in [1.165, 1.54) is 0 Å². The van der Waals surface area contributed by atoms with Crippen LogP contribution < -0.4 is 20.1 Å². The maximum absolute atomic E-state index is 13.7. The molecule has 178 valence electrons. The molecule has 1 aromatic heterocycles. The molecule has 7 heteroatoms. The van der Waals surface area contributed by atoms with Crippen LogP contribution in [0, 0.1) is 12.3 Å². The highest BCUT2D eigenvalue weighted by Gasteiger charge is 2.43. The van der Waals surface area contributed by atoms with Crippen molar-refractivity contribution in [2.24, 2.45) is 5.41 Å². The molecule has 0 radical (unpaired) electrons. The van der Waals surface area contributed by atoms with Gasteiger partial charge in [-0.2, -0.15) is 0 Å². The summed E-state index contributed by atoms with van der Waals surface area (Å²) in [6.45, 7) is 7.97. The van der Waals surface area contributed by atoms with E-state index in [0.29, 0.717) is 52.6 Å². The maximum Gasteiger partial charge on any atom is 0.255 e. The first kappa shape index (κ1) is 23.5. The summed E-state index contributed by atoms with van der Waals surface area (Å²) in [5.74, 6) is 0.605. The molecule has 2 N–H and O–H groups in total. The number of para-hydroxylation sites is 1. The molecular weight excluding hydrogens is 430 g/mol. The van der Waals surface area contributed by atoms with Gasteiger partial charge in [0, 0.05) is 40.7 Å². The number of carbonyl (C=O) groups excluding carboxylic acids is 2. The number of benzene rings is 1. The number of aryl methyl sites for hydroxylation is 1. The largest absolute Gasteiger partial charge is 0.493 e. The molecule has 1 amide bonds. The fourth-order valence-corrected chi connectivity index (χ4v) is 4.91. The number of aromatic nitrogens is 1. The molecule has 1 atom stereocenters. The molecule has 2 aliphatic rings. The lowest BCUT2D eigenvalue weighted by Crippen LogP contribution is -2.39. The maximum atomic E-state index is 13.7. The number of hydrogen-bond acceptors (Lipinski definition) is 6. The van der Waals surface area contributed by atoms with Crippen molar-refractivity contribution in [2.75, 3.05) is 19.5 Å². The number of ether oxygens (including phenoxy) is 2. The number of dihydropyridines is 1. The average molecular weight is 462 g/mol. The standard InChI is InChI=1S/C27H31N3O4/c1-15-10-11-21(28-14-15)30-26(32)22-16(2)29-18-12-27(3,4)13-19(31)24(18)23(22)17-8-7-9-20(33-5)25(17)34-6/h7-11,14,23,29H,12-13H2,1-6H3,(H,28,30,32). The summed E-state index contributed by atoms with van der Waals surface area (Å²) in [5, 5.41) is 6.29. The minimum Gasteiger partial charge on any atom is -0.493 e. The molecule has 2 aromatic rings. The quantitative estimate of drug-likeness (QED) is 0.674. The van der Waals surface area contributed by atoms with E-state index in [2.05, 4.69) is 29.5 Å². The molecule has 0 saturated heterocycles. The Balaban J connectivity index is 1.87. The Morgan fingerprint density at radius 1 is 1.12 bits per heavy atom. The van der Waals surface area contributed by atoms with Gasteiger partial charge in [-0.3, -0.25) is 9.59 Å². The molecule has 1 aliphatic heterocycles. The number of amides is 1. The van der Waals surface area contributed by atoms with Crippen molar-refractivity contribution < 1.29 is 19.1 Å². The lowest BCUT2D eigenvalue weighted by Gasteiger charge is -2.40. The zero-order chi connectivity index (χ0) is 24.6. The van der Waals surface area contributed by atoms with Crippen LogP contribution in [0.5, 0.6) is 11.5 Å². The van der Waals surface area contributed by atoms with Crippen molar-refractivity contribution >= 4 is 17.5 Å². The van der Waals surface area contributed by atoms with E-state index in [4.69, 9.17) is 9.47 Å². The number of Topliss-reactive ketones (excluding diaryl/α,β-unsaturated/α-hetero) is 1. The van der Waals surface area contributed by atoms with Crippen LogP contribution in [0.15, 0.2) is 59.1 Å². The third-order valence-corrected chi connectivity index (χ3v) is 6.38. The van der Waals surface area contributed by atoms with Gasteiger partial charge in [0.15, 0.2) is 17.3 Å². The van der Waals surface area contributed by atoms with Gasteiger partial charge in [0.1, 0.15) is 5.82 Å². The molecular formula is C27H31N3O4. The van der Waals surface area contributed by atoms with Crippen LogP contribution in [-0.4, -0.2) is 30.9 Å². The topological polar surface area (TPSA) is 89.5 Å². The summed E-state index contributed by atoms with van der Waals surface area (Å²) in [6.07, 6.45) is 2.82. The van der Waals surface area contributed by atoms with Gasteiger partial charge in [-0.1, -0.05) is 32.0 Å². The highest BCUT2D eigenvalue weighted by molar-refractivity contribution is 6.09. The highest BCUT2D eigenvalue weighted by Crippen LogP contribution is 2.50. The predicted molar refractivity (Wildman–Crippen MR) is 131 cm³/mol. The van der Waals surface area contributed by atoms with E-state index in [9.17, 15) is 9.59 Å². The first-order valence-corrected chi connectivity index (χ1v) is 11.3. The number of anilines is 1. The summed E-state index contributed by atoms with van der Waals surface area (Å²) in [7, 11) is 3.14. The number of ketones is 1. The second kappa shape index (κ2) is 8.97. The molecule has 34 heavy (non-hydrogen) atoms. The molecule has 1 unspecified atom stereocenters. The van der Waals surface area contributed by atoms with Gasteiger partial charge in [0.2, 0.25) is 0 Å². The molecule has 0 fully saturated rings. The molecule has 0 bridgehead atoms. The average Bonchev–Trinajstić information content (AvgIpc) is 2.78. The molecule has 0 saturated carbocycles. The van der Waals surface area contributed by atoms with Crippen LogP contribution in [-0.2, 0) is 9.59 Å². The summed E-state index contributed by atoms with van der Waals surface area (Å²) >= 11 is 0. The van der Waals surface area contributed by atoms with Crippen LogP contribution in [0.1, 0.15) is 50.7 Å². The normalized spacial score (nSPS) is 19.4. The number of allylic oxidation sites excluding steroid dienone is 3. The lowest BCUT2D eigenvalue weighted by molar-refractivity contribution is -0.118. The fourth-order valence-electron chi connectivity index (χ4n) is 4.91. The van der Waals surface area contributed by atoms with Crippen LogP contribution in [0.2, 0.25) is 0 Å². The fraction of sp³-hybridized carbons (Fsp3) is 0.370. The first-order chi connectivity index (χ1) is 16.1. The Morgan fingerprint density at radius 2 is 1.88 bits per heavy atom. The van der Waals surface area contributed by atoms with Crippen molar-refractivity contribution in [1.82, 2.24) is 10.3 Å². The predicted octanol–water partition coefficient (Wildman–Crippen LogP) is 4.65. The second-order valence-electron chi connectivity index (χ2n) is 9.69. The van der Waals surface area contributed by atoms with Crippen LogP contribution in [0.25, 0.3) is 0 Å². The summed E-state index contributed by atoms with van der Waals surface area (Å²) in [4.78, 5) is 31.5. The SMILES string of the molecule is COc1cccc(C2C(C(=O)Nc3ccc(C)cn3)=C(C)NC3=C2C(=O)CC(C)(C)C3)c1OC. The molecule has 0 spiro atoms. The summed E-state index contributed by atoms with van der Waals surface area (Å²) in [6, 6.07) is 9.19. The Bertz CT molecular complexity index is 1210. The minimum atomic E-state index is -0.602. The number of hydrogen-bond donors (Lipinski definition) is 2. The zero-order valence-corrected chi connectivity index (χ0v) is 20.5. The summed E-state index contributed by atoms with van der Waals surface area (Å²) < 4.78 is 11.3. The minimum absolute atomic E-state index is 0.0277. The van der Waals surface area contributed by atoms with Gasteiger partial charge >= 0.3 is 0 Å². The van der Waals surface area contributed by atoms with Gasteiger partial charge in [0.25, 0.3) is 5.91 Å². The molecule has 2 heterocycles. The number of rotatable bonds is 5. The lowest BCUT2D eigenvalue weighted by atomic mass is 9.68. The number of carbonyl (C=O) groups is 2. The Hall–Kier alpha value is -3.61. The molecule has 7 nitrogen and oxygen atoms in total. The van der Waals surface area contributed by atoms with Gasteiger partial charge < -0.3 is 20.1 Å². The Morgan fingerprint density at radius 3 is 2.53 bits per heavy atom. The number of nitrogens with one attached hydrogen (secondary N) is 2. The Labute approximate surface area is 200 Å². The van der Waals surface area contributed by atoms with E-state index in [1.54, 1.807) is 32.5 Å². The second-order valence-corrected chi connectivity index (χ2v) is 9.69. The summed E-state index contributed by atoms with van der Waals surface area (Å²) in [5.41, 5.74) is 4.17. The van der Waals surface area contributed by atoms with Gasteiger partial charge in [-0.25, -0.2) is 4.98 Å². The number of nitrogens with zero attached hydrogens (tertiary/aromatic N) is 1. The van der Waals surface area contributed by atoms with E-state index in [1.807, 2.05) is 32.0 Å². The van der Waals surface area contributed by atoms with Crippen molar-refractivity contribution in [1.29, 1.82) is 0 Å². The molecule has 1 aliphatic carbocycles. The number of methoxy groups -OCH3 is 2. The highest BCUT2D eigenvalue weighted by atomic mass is 16.5. The van der Waals surface area contributed by atoms with Gasteiger partial charge in [-0.05, 0) is 43.4 Å². The van der Waals surface area contributed by atoms with Crippen LogP contribution in [0.3, 0.4) is 0 Å². The van der Waals surface area contributed by atoms with E-state index in [0.717, 1.165) is 11.3 Å². The van der Waals surface area contributed by atoms with Gasteiger partial charge in [-0.15, -0.1) is 0 Å². The first-order valence-electron chi connectivity index (χ1n) is 11.3. The van der Waals surface area contributed by atoms with E-state index < -0.39 is 5.92 Å².